The molecule has 0 saturated heterocycles. The molecule has 2 N–H and O–H groups in total. The summed E-state index contributed by atoms with van der Waals surface area (Å²) in [5.74, 6) is 0.475. The fraction of sp³-hybridized carbons (Fsp3) is 0.588. The van der Waals surface area contributed by atoms with Crippen molar-refractivity contribution in [3.8, 4) is 5.75 Å². The summed E-state index contributed by atoms with van der Waals surface area (Å²) < 4.78 is 5.51. The number of rotatable bonds is 7. The molecule has 4 heteroatoms. The molecule has 21 heavy (non-hydrogen) atoms. The first kappa shape index (κ1) is 15.8. The van der Waals surface area contributed by atoms with Crippen LogP contribution in [0.5, 0.6) is 5.75 Å². The Bertz CT molecular complexity index is 473. The minimum absolute atomic E-state index is 0.125. The van der Waals surface area contributed by atoms with Crippen LogP contribution in [0.3, 0.4) is 0 Å². The Balaban J connectivity index is 1.95. The largest absolute Gasteiger partial charge is 0.491 e. The third-order valence-corrected chi connectivity index (χ3v) is 3.86. The van der Waals surface area contributed by atoms with Crippen molar-refractivity contribution in [1.82, 2.24) is 5.32 Å². The smallest absolute Gasteiger partial charge is 0.255 e. The van der Waals surface area contributed by atoms with Gasteiger partial charge in [0.1, 0.15) is 12.4 Å². The number of unbranched alkanes of at least 4 members (excludes halogenated alkanes) is 4. The fourth-order valence-corrected chi connectivity index (χ4v) is 2.59. The van der Waals surface area contributed by atoms with Crippen molar-refractivity contribution in [2.24, 2.45) is 0 Å². The van der Waals surface area contributed by atoms with Crippen molar-refractivity contribution in [3.05, 3.63) is 29.3 Å². The summed E-state index contributed by atoms with van der Waals surface area (Å²) in [6.07, 6.45) is 6.11. The van der Waals surface area contributed by atoms with Crippen molar-refractivity contribution in [2.45, 2.75) is 51.6 Å². The maximum Gasteiger partial charge on any atom is 0.255 e. The summed E-state index contributed by atoms with van der Waals surface area (Å²) in [6, 6.07) is 5.40. The molecule has 1 unspecified atom stereocenters. The van der Waals surface area contributed by atoms with E-state index in [1.165, 1.54) is 19.3 Å². The van der Waals surface area contributed by atoms with E-state index in [9.17, 15) is 9.90 Å². The number of hydrogen-bond acceptors (Lipinski definition) is 3. The number of hydrogen-bond donors (Lipinski definition) is 2. The second-order valence-corrected chi connectivity index (χ2v) is 5.58. The topological polar surface area (TPSA) is 58.6 Å². The molecule has 4 nitrogen and oxygen atoms in total. The van der Waals surface area contributed by atoms with Gasteiger partial charge in [-0.1, -0.05) is 45.1 Å². The zero-order valence-electron chi connectivity index (χ0n) is 12.7. The quantitative estimate of drug-likeness (QED) is 0.758. The number of nitrogens with one attached hydrogen (secondary N) is 1. The SMILES string of the molecule is CCCCCCCC(O)c1ccc2c(c1)C(=O)NCCO2. The van der Waals surface area contributed by atoms with Crippen LogP contribution in [0, 0.1) is 0 Å². The first-order valence-electron chi connectivity index (χ1n) is 7.95. The molecular weight excluding hydrogens is 266 g/mol. The van der Waals surface area contributed by atoms with Crippen LogP contribution < -0.4 is 10.1 Å². The lowest BCUT2D eigenvalue weighted by molar-refractivity contribution is 0.0956. The molecule has 1 heterocycles. The molecule has 1 aromatic carbocycles. The Morgan fingerprint density at radius 1 is 1.29 bits per heavy atom. The van der Waals surface area contributed by atoms with Gasteiger partial charge < -0.3 is 15.2 Å². The van der Waals surface area contributed by atoms with Crippen LogP contribution in [-0.2, 0) is 0 Å². The number of aliphatic hydroxyl groups is 1. The predicted octanol–water partition coefficient (Wildman–Crippen LogP) is 3.20. The zero-order valence-corrected chi connectivity index (χ0v) is 12.7. The summed E-state index contributed by atoms with van der Waals surface area (Å²) >= 11 is 0. The highest BCUT2D eigenvalue weighted by Crippen LogP contribution is 2.27. The van der Waals surface area contributed by atoms with Crippen molar-refractivity contribution < 1.29 is 14.6 Å². The summed E-state index contributed by atoms with van der Waals surface area (Å²) in [5, 5.41) is 13.1. The average molecular weight is 291 g/mol. The molecule has 0 aromatic heterocycles. The Labute approximate surface area is 126 Å². The lowest BCUT2D eigenvalue weighted by Gasteiger charge is -2.13. The Morgan fingerprint density at radius 3 is 2.90 bits per heavy atom. The first-order valence-corrected chi connectivity index (χ1v) is 7.95. The molecule has 0 radical (unpaired) electrons. The molecule has 116 valence electrons. The van der Waals surface area contributed by atoms with E-state index >= 15 is 0 Å². The van der Waals surface area contributed by atoms with Gasteiger partial charge in [-0.3, -0.25) is 4.79 Å². The lowest BCUT2D eigenvalue weighted by atomic mass is 10.00. The minimum atomic E-state index is -0.507. The van der Waals surface area contributed by atoms with Crippen LogP contribution in [0.15, 0.2) is 18.2 Å². The number of carbonyl (C=O) groups is 1. The third-order valence-electron chi connectivity index (χ3n) is 3.86. The van der Waals surface area contributed by atoms with Crippen LogP contribution in [0.1, 0.15) is 67.5 Å². The summed E-state index contributed by atoms with van der Waals surface area (Å²) in [4.78, 5) is 11.9. The van der Waals surface area contributed by atoms with Gasteiger partial charge in [0.2, 0.25) is 0 Å². The van der Waals surface area contributed by atoms with Gasteiger partial charge in [-0.15, -0.1) is 0 Å². The molecule has 1 aliphatic rings. The molecular formula is C17H25NO3. The molecule has 0 bridgehead atoms. The van der Waals surface area contributed by atoms with Crippen LogP contribution in [-0.4, -0.2) is 24.2 Å². The van der Waals surface area contributed by atoms with E-state index in [1.807, 2.05) is 6.07 Å². The standard InChI is InChI=1S/C17H25NO3/c1-2-3-4-5-6-7-15(19)13-8-9-16-14(12-13)17(20)18-10-11-21-16/h8-9,12,15,19H,2-7,10-11H2,1H3,(H,18,20). The highest BCUT2D eigenvalue weighted by molar-refractivity contribution is 5.97. The highest BCUT2D eigenvalue weighted by Gasteiger charge is 2.18. The third kappa shape index (κ3) is 4.46. The number of ether oxygens (including phenoxy) is 1. The van der Waals surface area contributed by atoms with Gasteiger partial charge in [-0.25, -0.2) is 0 Å². The van der Waals surface area contributed by atoms with Gasteiger partial charge in [0.15, 0.2) is 0 Å². The van der Waals surface area contributed by atoms with E-state index in [4.69, 9.17) is 4.74 Å². The Kier molecular flexibility index (Phi) is 6.05. The van der Waals surface area contributed by atoms with E-state index in [1.54, 1.807) is 12.1 Å². The van der Waals surface area contributed by atoms with Crippen molar-refractivity contribution in [3.63, 3.8) is 0 Å². The van der Waals surface area contributed by atoms with Crippen LogP contribution >= 0.6 is 0 Å². The van der Waals surface area contributed by atoms with Gasteiger partial charge in [-0.05, 0) is 24.1 Å². The minimum Gasteiger partial charge on any atom is -0.491 e. The second-order valence-electron chi connectivity index (χ2n) is 5.58. The van der Waals surface area contributed by atoms with E-state index in [0.29, 0.717) is 24.5 Å². The molecule has 2 rings (SSSR count). The van der Waals surface area contributed by atoms with Crippen LogP contribution in [0.4, 0.5) is 0 Å². The zero-order chi connectivity index (χ0) is 15.1. The van der Waals surface area contributed by atoms with Crippen LogP contribution in [0.25, 0.3) is 0 Å². The molecule has 0 saturated carbocycles. The average Bonchev–Trinajstić information content (AvgIpc) is 2.68. The maximum absolute atomic E-state index is 11.9. The molecule has 1 aliphatic heterocycles. The Morgan fingerprint density at radius 2 is 2.10 bits per heavy atom. The van der Waals surface area contributed by atoms with Crippen molar-refractivity contribution in [1.29, 1.82) is 0 Å². The van der Waals surface area contributed by atoms with E-state index in [2.05, 4.69) is 12.2 Å². The number of fused-ring (bicyclic) bond motifs is 1. The molecule has 0 aliphatic carbocycles. The monoisotopic (exact) mass is 291 g/mol. The molecule has 0 fully saturated rings. The second kappa shape index (κ2) is 8.03. The van der Waals surface area contributed by atoms with Crippen LogP contribution in [0.2, 0.25) is 0 Å². The number of aliphatic hydroxyl groups excluding tert-OH is 1. The summed E-state index contributed by atoms with van der Waals surface area (Å²) in [7, 11) is 0. The summed E-state index contributed by atoms with van der Waals surface area (Å²) in [5.41, 5.74) is 1.32. The summed E-state index contributed by atoms with van der Waals surface area (Å²) in [6.45, 7) is 3.19. The van der Waals surface area contributed by atoms with Gasteiger partial charge >= 0.3 is 0 Å². The molecule has 1 atom stereocenters. The Hall–Kier alpha value is -1.55. The first-order chi connectivity index (χ1) is 10.2. The lowest BCUT2D eigenvalue weighted by Crippen LogP contribution is -2.24. The molecule has 0 spiro atoms. The number of carbonyl (C=O) groups excluding carboxylic acids is 1. The highest BCUT2D eigenvalue weighted by atomic mass is 16.5. The predicted molar refractivity (Wildman–Crippen MR) is 82.6 cm³/mol. The van der Waals surface area contributed by atoms with E-state index < -0.39 is 6.10 Å². The van der Waals surface area contributed by atoms with Crippen molar-refractivity contribution in [2.75, 3.05) is 13.2 Å². The maximum atomic E-state index is 11.9. The van der Waals surface area contributed by atoms with Gasteiger partial charge in [0, 0.05) is 0 Å². The number of amides is 1. The van der Waals surface area contributed by atoms with Crippen molar-refractivity contribution >= 4 is 5.91 Å². The van der Waals surface area contributed by atoms with Gasteiger partial charge in [-0.2, -0.15) is 0 Å². The fourth-order valence-electron chi connectivity index (χ4n) is 2.59. The van der Waals surface area contributed by atoms with E-state index in [-0.39, 0.29) is 5.91 Å². The molecule has 1 aromatic rings. The number of benzene rings is 1. The van der Waals surface area contributed by atoms with Gasteiger partial charge in [0.05, 0.1) is 18.2 Å². The normalized spacial score (nSPS) is 15.6. The van der Waals surface area contributed by atoms with Gasteiger partial charge in [0.25, 0.3) is 5.91 Å². The molecule has 1 amide bonds. The van der Waals surface area contributed by atoms with E-state index in [0.717, 1.165) is 24.8 Å².